The number of carbonyl (C=O) groups excluding carboxylic acids is 1. The van der Waals surface area contributed by atoms with Gasteiger partial charge in [-0.05, 0) is 4.91 Å². The van der Waals surface area contributed by atoms with Crippen molar-refractivity contribution < 1.29 is 6.17 Å². The van der Waals surface area contributed by atoms with Crippen LogP contribution < -0.4 is 0 Å². The predicted molar refractivity (Wildman–Crippen MR) is 60.6 cm³/mol. The maximum absolute atomic E-state index is 11.4. The van der Waals surface area contributed by atoms with Crippen LogP contribution in [0.2, 0.25) is 0 Å². The first-order chi connectivity index (χ1) is 7.29. The summed E-state index contributed by atoms with van der Waals surface area (Å²) in [7, 11) is 0. The quantitative estimate of drug-likeness (QED) is 0.549. The van der Waals surface area contributed by atoms with E-state index in [0.717, 1.165) is 0 Å². The van der Waals surface area contributed by atoms with E-state index in [0.29, 0.717) is 4.91 Å². The van der Waals surface area contributed by atoms with Gasteiger partial charge in [-0.25, -0.2) is 14.8 Å². The molecule has 74 valence electrons. The summed E-state index contributed by atoms with van der Waals surface area (Å²) in [4.78, 5) is 19.4. The maximum atomic E-state index is 11.4. The van der Waals surface area contributed by atoms with Crippen molar-refractivity contribution in [3.05, 3.63) is 37.4 Å². The maximum Gasteiger partial charge on any atom is 0.338 e. The van der Waals surface area contributed by atoms with E-state index < -0.39 is 0 Å². The fraction of sp³-hybridized carbons (Fsp3) is 0.125. The molecular weight excluding hydrogens is 295 g/mol. The van der Waals surface area contributed by atoms with Crippen LogP contribution >= 0.6 is 22.6 Å². The second kappa shape index (κ2) is 5.53. The molecule has 0 unspecified atom stereocenters. The van der Waals surface area contributed by atoms with Crippen LogP contribution in [0.15, 0.2) is 37.4 Å². The Morgan fingerprint density at radius 2 is 1.71 bits per heavy atom. The summed E-state index contributed by atoms with van der Waals surface area (Å²) in [6.45, 7) is 0. The molecule has 0 spiro atoms. The number of imidazole rings is 2. The van der Waals surface area contributed by atoms with Crippen molar-refractivity contribution in [1.29, 1.82) is 0 Å². The zero-order chi connectivity index (χ0) is 11.1. The molecule has 5 nitrogen and oxygen atoms in total. The van der Waals surface area contributed by atoms with Crippen LogP contribution in [0.3, 0.4) is 0 Å². The van der Waals surface area contributed by atoms with Crippen LogP contribution in [0.4, 0.5) is 4.79 Å². The fourth-order valence-corrected chi connectivity index (χ4v) is 0.878. The lowest BCUT2D eigenvalue weighted by Gasteiger charge is -1.98. The molecular formula is C8H9IN4O. The monoisotopic (exact) mass is 305 g/mol. The number of aromatic nitrogens is 4. The minimum atomic E-state index is -0.190. The average molecular weight is 305 g/mol. The summed E-state index contributed by atoms with van der Waals surface area (Å²) < 4.78 is 8.95. The lowest BCUT2D eigenvalue weighted by molar-refractivity contribution is 0.244. The molecule has 0 N–H and O–H groups in total. The van der Waals surface area contributed by atoms with Crippen molar-refractivity contribution in [2.24, 2.45) is 0 Å². The van der Waals surface area contributed by atoms with Crippen molar-refractivity contribution in [3.63, 3.8) is 0 Å². The van der Waals surface area contributed by atoms with Gasteiger partial charge >= 0.3 is 6.03 Å². The van der Waals surface area contributed by atoms with Gasteiger partial charge in [-0.15, -0.1) is 0 Å². The topological polar surface area (TPSA) is 52.7 Å². The summed E-state index contributed by atoms with van der Waals surface area (Å²) in [5.41, 5.74) is 0. The molecule has 2 aromatic rings. The van der Waals surface area contributed by atoms with Gasteiger partial charge in [0.2, 0.25) is 0 Å². The van der Waals surface area contributed by atoms with Gasteiger partial charge in [0.05, 0.1) is 0 Å². The van der Waals surface area contributed by atoms with Crippen molar-refractivity contribution in [1.82, 2.24) is 19.1 Å². The Morgan fingerprint density at radius 3 is 2.00 bits per heavy atom. The molecule has 6 heteroatoms. The molecule has 2 heterocycles. The Kier molecular flexibility index (Phi) is 3.70. The van der Waals surface area contributed by atoms with E-state index in [9.17, 15) is 4.79 Å². The first-order valence-electron chi connectivity index (χ1n) is 4.36. The number of nitrogens with zero attached hydrogens (tertiary/aromatic N) is 4. The Hall–Kier alpha value is -1.18. The molecule has 0 radical (unpaired) electrons. The molecule has 0 fully saturated rings. The summed E-state index contributed by atoms with van der Waals surface area (Å²) in [5, 5.41) is 0. The molecule has 0 aliphatic rings. The number of halogens is 1. The van der Waals surface area contributed by atoms with Crippen molar-refractivity contribution >= 4 is 28.6 Å². The van der Waals surface area contributed by atoms with Gasteiger partial charge < -0.3 is 0 Å². The number of rotatable bonds is 0. The summed E-state index contributed by atoms with van der Waals surface area (Å²) in [6.07, 6.45) is 9.17. The zero-order valence-electron chi connectivity index (χ0n) is 8.25. The molecule has 0 aliphatic heterocycles. The molecule has 14 heavy (non-hydrogen) atoms. The lowest BCUT2D eigenvalue weighted by Crippen LogP contribution is -2.15. The molecule has 0 saturated heterocycles. The van der Waals surface area contributed by atoms with Crippen molar-refractivity contribution in [2.45, 2.75) is 0 Å². The smallest absolute Gasteiger partial charge is 0.257 e. The molecule has 0 amide bonds. The molecule has 0 aromatic carbocycles. The van der Waals surface area contributed by atoms with E-state index in [2.05, 4.69) is 9.97 Å². The summed E-state index contributed by atoms with van der Waals surface area (Å²) in [5.74, 6) is 0. The van der Waals surface area contributed by atoms with Crippen LogP contribution in [0.25, 0.3) is 0 Å². The Balaban J connectivity index is 0.000000337. The van der Waals surface area contributed by atoms with E-state index in [4.69, 9.17) is 1.37 Å². The van der Waals surface area contributed by atoms with Crippen LogP contribution in [0.5, 0.6) is 0 Å². The van der Waals surface area contributed by atoms with Crippen LogP contribution in [0.1, 0.15) is 1.37 Å². The highest BCUT2D eigenvalue weighted by atomic mass is 127. The van der Waals surface area contributed by atoms with Gasteiger partial charge in [0.1, 0.15) is 12.7 Å². The van der Waals surface area contributed by atoms with Gasteiger partial charge in [-0.1, -0.05) is 22.6 Å². The number of alkyl halides is 1. The van der Waals surface area contributed by atoms with E-state index in [1.165, 1.54) is 21.8 Å². The highest BCUT2D eigenvalue weighted by Crippen LogP contribution is 1.91. The molecule has 0 bridgehead atoms. The summed E-state index contributed by atoms with van der Waals surface area (Å²) in [6, 6.07) is -0.190. The Labute approximate surface area is 96.3 Å². The first kappa shape index (κ1) is 9.38. The second-order valence-electron chi connectivity index (χ2n) is 2.22. The average Bonchev–Trinajstić information content (AvgIpc) is 2.92. The normalized spacial score (nSPS) is 9.93. The van der Waals surface area contributed by atoms with Crippen LogP contribution in [-0.2, 0) is 0 Å². The SMILES string of the molecule is O=C(n1ccnc1)n1ccnc1.[2H]CI. The van der Waals surface area contributed by atoms with Gasteiger partial charge in [-0.2, -0.15) is 0 Å². The zero-order valence-corrected chi connectivity index (χ0v) is 9.40. The largest absolute Gasteiger partial charge is 0.338 e. The second-order valence-corrected chi connectivity index (χ2v) is 2.22. The van der Waals surface area contributed by atoms with Crippen LogP contribution in [0, 0.1) is 0 Å². The first-order valence-corrected chi connectivity index (χ1v) is 5.18. The predicted octanol–water partition coefficient (Wildman–Crippen LogP) is 1.65. The standard InChI is InChI=1S/C7H6N4O.CH3I/c12-7(10-3-1-8-5-10)11-4-2-9-6-11;1-2/h1-6H;1H3/i;1D. The van der Waals surface area contributed by atoms with Crippen molar-refractivity contribution in [2.75, 3.05) is 4.91 Å². The van der Waals surface area contributed by atoms with E-state index in [1.54, 1.807) is 24.8 Å². The van der Waals surface area contributed by atoms with Gasteiger partial charge in [0.25, 0.3) is 0 Å². The Morgan fingerprint density at radius 1 is 1.29 bits per heavy atom. The molecule has 0 saturated carbocycles. The van der Waals surface area contributed by atoms with Crippen LogP contribution in [-0.4, -0.2) is 30.0 Å². The number of hydrogen-bond acceptors (Lipinski definition) is 3. The van der Waals surface area contributed by atoms with E-state index >= 15 is 0 Å². The molecule has 2 rings (SSSR count). The van der Waals surface area contributed by atoms with Gasteiger partial charge in [0.15, 0.2) is 0 Å². The van der Waals surface area contributed by atoms with Gasteiger partial charge in [-0.3, -0.25) is 9.13 Å². The highest BCUT2D eigenvalue weighted by molar-refractivity contribution is 14.1. The van der Waals surface area contributed by atoms with Gasteiger partial charge in [0, 0.05) is 26.2 Å². The molecule has 0 atom stereocenters. The lowest BCUT2D eigenvalue weighted by atomic mass is 10.8. The minimum Gasteiger partial charge on any atom is -0.257 e. The van der Waals surface area contributed by atoms with E-state index in [-0.39, 0.29) is 6.03 Å². The summed E-state index contributed by atoms with van der Waals surface area (Å²) >= 11 is 1.96. The molecule has 0 aliphatic carbocycles. The third-order valence-electron chi connectivity index (χ3n) is 1.45. The molecule has 2 aromatic heterocycles. The fourth-order valence-electron chi connectivity index (χ4n) is 0.878. The number of hydrogen-bond donors (Lipinski definition) is 0. The van der Waals surface area contributed by atoms with E-state index in [1.807, 2.05) is 22.6 Å². The number of carbonyl (C=O) groups is 1. The Bertz CT molecular complexity index is 350. The third kappa shape index (κ3) is 2.41. The highest BCUT2D eigenvalue weighted by Gasteiger charge is 2.03. The van der Waals surface area contributed by atoms with Crippen molar-refractivity contribution in [3.8, 4) is 0 Å². The minimum absolute atomic E-state index is 0.190. The third-order valence-corrected chi connectivity index (χ3v) is 1.45.